The average molecular weight is 174 g/mol. The molecule has 0 saturated carbocycles. The fourth-order valence-corrected chi connectivity index (χ4v) is 0.963. The SMILES string of the molecule is CC(N)CCCCCNC(=O)O. The summed E-state index contributed by atoms with van der Waals surface area (Å²) in [5.41, 5.74) is 5.55. The Morgan fingerprint density at radius 1 is 1.50 bits per heavy atom. The van der Waals surface area contributed by atoms with E-state index in [1.165, 1.54) is 0 Å². The third-order valence-electron chi connectivity index (χ3n) is 1.61. The first kappa shape index (κ1) is 11.2. The molecule has 4 heteroatoms. The molecule has 4 nitrogen and oxygen atoms in total. The molecule has 0 spiro atoms. The standard InChI is InChI=1S/C8H18N2O2/c1-7(9)5-3-2-4-6-10-8(11)12/h7,10H,2-6,9H2,1H3,(H,11,12). The van der Waals surface area contributed by atoms with E-state index in [0.717, 1.165) is 25.7 Å². The molecule has 0 aliphatic heterocycles. The van der Waals surface area contributed by atoms with Crippen molar-refractivity contribution >= 4 is 6.09 Å². The molecule has 0 radical (unpaired) electrons. The summed E-state index contributed by atoms with van der Waals surface area (Å²) in [5, 5.41) is 10.5. The van der Waals surface area contributed by atoms with Gasteiger partial charge in [0.25, 0.3) is 0 Å². The van der Waals surface area contributed by atoms with Crippen molar-refractivity contribution in [1.29, 1.82) is 0 Å². The van der Waals surface area contributed by atoms with Gasteiger partial charge in [-0.15, -0.1) is 0 Å². The minimum Gasteiger partial charge on any atom is -0.465 e. The van der Waals surface area contributed by atoms with Crippen LogP contribution in [0.4, 0.5) is 4.79 Å². The second-order valence-corrected chi connectivity index (χ2v) is 3.06. The van der Waals surface area contributed by atoms with Gasteiger partial charge in [-0.3, -0.25) is 0 Å². The normalized spacial score (nSPS) is 12.5. The molecule has 0 aromatic rings. The third-order valence-corrected chi connectivity index (χ3v) is 1.61. The summed E-state index contributed by atoms with van der Waals surface area (Å²) in [6, 6.07) is 0.262. The van der Waals surface area contributed by atoms with E-state index < -0.39 is 6.09 Å². The Morgan fingerprint density at radius 2 is 2.17 bits per heavy atom. The topological polar surface area (TPSA) is 75.3 Å². The lowest BCUT2D eigenvalue weighted by atomic mass is 10.1. The number of carboxylic acid groups (broad SMARTS) is 1. The highest BCUT2D eigenvalue weighted by atomic mass is 16.4. The molecule has 0 heterocycles. The quantitative estimate of drug-likeness (QED) is 0.529. The third kappa shape index (κ3) is 9.23. The summed E-state index contributed by atoms with van der Waals surface area (Å²) in [5.74, 6) is 0. The van der Waals surface area contributed by atoms with E-state index >= 15 is 0 Å². The van der Waals surface area contributed by atoms with Gasteiger partial charge >= 0.3 is 6.09 Å². The molecule has 72 valence electrons. The van der Waals surface area contributed by atoms with Gasteiger partial charge < -0.3 is 16.2 Å². The maximum Gasteiger partial charge on any atom is 0.404 e. The Balaban J connectivity index is 2.96. The smallest absolute Gasteiger partial charge is 0.404 e. The highest BCUT2D eigenvalue weighted by molar-refractivity contribution is 5.64. The van der Waals surface area contributed by atoms with Crippen LogP contribution in [0.2, 0.25) is 0 Å². The van der Waals surface area contributed by atoms with Gasteiger partial charge in [-0.05, 0) is 19.8 Å². The van der Waals surface area contributed by atoms with Crippen molar-refractivity contribution in [3.63, 3.8) is 0 Å². The highest BCUT2D eigenvalue weighted by Crippen LogP contribution is 2.00. The monoisotopic (exact) mass is 174 g/mol. The van der Waals surface area contributed by atoms with Crippen LogP contribution in [0.5, 0.6) is 0 Å². The summed E-state index contributed by atoms with van der Waals surface area (Å²) in [6.45, 7) is 2.53. The first-order valence-corrected chi connectivity index (χ1v) is 4.35. The molecule has 0 aromatic carbocycles. The number of nitrogens with two attached hydrogens (primary N) is 1. The van der Waals surface area contributed by atoms with E-state index in [0.29, 0.717) is 6.54 Å². The van der Waals surface area contributed by atoms with E-state index in [2.05, 4.69) is 5.32 Å². The van der Waals surface area contributed by atoms with Gasteiger partial charge in [-0.2, -0.15) is 0 Å². The van der Waals surface area contributed by atoms with Gasteiger partial charge in [0.05, 0.1) is 0 Å². The van der Waals surface area contributed by atoms with E-state index in [1.54, 1.807) is 0 Å². The predicted molar refractivity (Wildman–Crippen MR) is 48.1 cm³/mol. The number of unbranched alkanes of at least 4 members (excludes halogenated alkanes) is 2. The minimum atomic E-state index is -0.942. The van der Waals surface area contributed by atoms with Crippen LogP contribution in [-0.4, -0.2) is 23.8 Å². The van der Waals surface area contributed by atoms with E-state index in [-0.39, 0.29) is 6.04 Å². The molecule has 0 saturated heterocycles. The van der Waals surface area contributed by atoms with Crippen LogP contribution in [0.25, 0.3) is 0 Å². The molecule has 12 heavy (non-hydrogen) atoms. The number of carbonyl (C=O) groups is 1. The lowest BCUT2D eigenvalue weighted by Crippen LogP contribution is -2.21. The number of rotatable bonds is 6. The second kappa shape index (κ2) is 6.91. The lowest BCUT2D eigenvalue weighted by molar-refractivity contribution is 0.194. The molecule has 4 N–H and O–H groups in total. The largest absolute Gasteiger partial charge is 0.465 e. The summed E-state index contributed by atoms with van der Waals surface area (Å²) in [7, 11) is 0. The van der Waals surface area contributed by atoms with E-state index in [9.17, 15) is 4.79 Å². The molecule has 0 rings (SSSR count). The number of hydrogen-bond acceptors (Lipinski definition) is 2. The van der Waals surface area contributed by atoms with Crippen molar-refractivity contribution in [2.45, 2.75) is 38.6 Å². The molecule has 1 atom stereocenters. The van der Waals surface area contributed by atoms with Gasteiger partial charge in [0.2, 0.25) is 0 Å². The summed E-state index contributed by atoms with van der Waals surface area (Å²) < 4.78 is 0. The maximum absolute atomic E-state index is 10.0. The van der Waals surface area contributed by atoms with Crippen molar-refractivity contribution < 1.29 is 9.90 Å². The van der Waals surface area contributed by atoms with Gasteiger partial charge in [-0.1, -0.05) is 12.8 Å². The number of nitrogens with one attached hydrogen (secondary N) is 1. The Kier molecular flexibility index (Phi) is 6.47. The van der Waals surface area contributed by atoms with Crippen LogP contribution in [0.1, 0.15) is 32.6 Å². The van der Waals surface area contributed by atoms with Crippen LogP contribution in [0, 0.1) is 0 Å². The van der Waals surface area contributed by atoms with Crippen LogP contribution < -0.4 is 11.1 Å². The van der Waals surface area contributed by atoms with Crippen molar-refractivity contribution in [2.75, 3.05) is 6.54 Å². The van der Waals surface area contributed by atoms with Crippen LogP contribution in [0.3, 0.4) is 0 Å². The van der Waals surface area contributed by atoms with Crippen molar-refractivity contribution in [3.05, 3.63) is 0 Å². The van der Waals surface area contributed by atoms with Gasteiger partial charge in [-0.25, -0.2) is 4.79 Å². The zero-order valence-corrected chi connectivity index (χ0v) is 7.55. The number of hydrogen-bond donors (Lipinski definition) is 3. The predicted octanol–water partition coefficient (Wildman–Crippen LogP) is 1.16. The second-order valence-electron chi connectivity index (χ2n) is 3.06. The fourth-order valence-electron chi connectivity index (χ4n) is 0.963. The molecule has 1 amide bonds. The fraction of sp³-hybridized carbons (Fsp3) is 0.875. The van der Waals surface area contributed by atoms with E-state index in [4.69, 9.17) is 10.8 Å². The first-order valence-electron chi connectivity index (χ1n) is 4.35. The molecule has 0 bridgehead atoms. The van der Waals surface area contributed by atoms with Gasteiger partial charge in [0.15, 0.2) is 0 Å². The summed E-state index contributed by atoms with van der Waals surface area (Å²) in [4.78, 5) is 10.0. The zero-order chi connectivity index (χ0) is 9.40. The van der Waals surface area contributed by atoms with Crippen molar-refractivity contribution in [1.82, 2.24) is 5.32 Å². The van der Waals surface area contributed by atoms with Crippen LogP contribution in [-0.2, 0) is 0 Å². The Labute approximate surface area is 73.1 Å². The van der Waals surface area contributed by atoms with Crippen molar-refractivity contribution in [2.24, 2.45) is 5.73 Å². The zero-order valence-electron chi connectivity index (χ0n) is 7.55. The van der Waals surface area contributed by atoms with E-state index in [1.807, 2.05) is 6.92 Å². The van der Waals surface area contributed by atoms with Crippen LogP contribution >= 0.6 is 0 Å². The molecule has 0 aromatic heterocycles. The first-order chi connectivity index (χ1) is 5.63. The highest BCUT2D eigenvalue weighted by Gasteiger charge is 1.95. The summed E-state index contributed by atoms with van der Waals surface area (Å²) in [6.07, 6.45) is 3.11. The van der Waals surface area contributed by atoms with Crippen LogP contribution in [0.15, 0.2) is 0 Å². The lowest BCUT2D eigenvalue weighted by Gasteiger charge is -2.04. The van der Waals surface area contributed by atoms with Crippen molar-refractivity contribution in [3.8, 4) is 0 Å². The number of amides is 1. The molecular formula is C8H18N2O2. The maximum atomic E-state index is 10.0. The Morgan fingerprint density at radius 3 is 2.67 bits per heavy atom. The minimum absolute atomic E-state index is 0.262. The van der Waals surface area contributed by atoms with Gasteiger partial charge in [0, 0.05) is 12.6 Å². The molecule has 0 aliphatic carbocycles. The van der Waals surface area contributed by atoms with Gasteiger partial charge in [0.1, 0.15) is 0 Å². The molecule has 0 fully saturated rings. The molecule has 0 aliphatic rings. The molecule has 1 unspecified atom stereocenters. The Bertz CT molecular complexity index is 126. The summed E-state index contributed by atoms with van der Waals surface area (Å²) >= 11 is 0. The molecular weight excluding hydrogens is 156 g/mol. The Hall–Kier alpha value is -0.770. The average Bonchev–Trinajstić information content (AvgIpc) is 1.95.